The molecule has 0 spiro atoms. The third kappa shape index (κ3) is 15.1. The minimum Gasteiger partial charge on any atom is -1.00 e. The maximum atomic E-state index is 5.94. The van der Waals surface area contributed by atoms with E-state index in [4.69, 9.17) is 4.74 Å². The van der Waals surface area contributed by atoms with Crippen molar-refractivity contribution in [2.75, 3.05) is 34.0 Å². The molecule has 0 fully saturated rings. The van der Waals surface area contributed by atoms with Crippen molar-refractivity contribution in [3.63, 3.8) is 0 Å². The Labute approximate surface area is 147 Å². The summed E-state index contributed by atoms with van der Waals surface area (Å²) in [6.45, 7) is 9.86. The fourth-order valence-corrected chi connectivity index (χ4v) is 2.73. The number of halogens is 1. The summed E-state index contributed by atoms with van der Waals surface area (Å²) in [5.74, 6) is 0.744. The van der Waals surface area contributed by atoms with E-state index in [-0.39, 0.29) is 12.4 Å². The largest absolute Gasteiger partial charge is 1.00 e. The lowest BCUT2D eigenvalue weighted by molar-refractivity contribution is -0.910. The monoisotopic (exact) mass is 335 g/mol. The number of ether oxygens (including phenoxy) is 1. The van der Waals surface area contributed by atoms with Crippen LogP contribution in [0.15, 0.2) is 0 Å². The van der Waals surface area contributed by atoms with Crippen molar-refractivity contribution >= 4 is 0 Å². The van der Waals surface area contributed by atoms with Gasteiger partial charge in [-0.25, -0.2) is 0 Å². The molecule has 0 radical (unpaired) electrons. The smallest absolute Gasteiger partial charge is 0.182 e. The van der Waals surface area contributed by atoms with Crippen molar-refractivity contribution in [1.29, 1.82) is 0 Å². The Balaban J connectivity index is 0. The Morgan fingerprint density at radius 2 is 1.27 bits per heavy atom. The molecule has 0 aromatic carbocycles. The molecule has 0 N–H and O–H groups in total. The third-order valence-corrected chi connectivity index (χ3v) is 4.57. The van der Waals surface area contributed by atoms with E-state index in [1.807, 2.05) is 0 Å². The van der Waals surface area contributed by atoms with Gasteiger partial charge < -0.3 is 21.6 Å². The van der Waals surface area contributed by atoms with Crippen LogP contribution >= 0.6 is 0 Å². The Morgan fingerprint density at radius 3 is 1.77 bits per heavy atom. The van der Waals surface area contributed by atoms with Crippen LogP contribution in [0.2, 0.25) is 0 Å². The van der Waals surface area contributed by atoms with E-state index in [0.717, 1.165) is 23.7 Å². The van der Waals surface area contributed by atoms with E-state index in [0.29, 0.717) is 0 Å². The molecule has 0 saturated carbocycles. The Morgan fingerprint density at radius 1 is 0.773 bits per heavy atom. The summed E-state index contributed by atoms with van der Waals surface area (Å²) in [6.07, 6.45) is 13.7. The van der Waals surface area contributed by atoms with Gasteiger partial charge in [0.2, 0.25) is 0 Å². The van der Waals surface area contributed by atoms with Crippen LogP contribution in [0.5, 0.6) is 0 Å². The second-order valence-electron chi connectivity index (χ2n) is 7.32. The molecule has 0 aliphatic carbocycles. The Kier molecular flexibility index (Phi) is 17.9. The van der Waals surface area contributed by atoms with Crippen LogP contribution in [0, 0.1) is 5.92 Å². The molecule has 0 aromatic heterocycles. The molecule has 22 heavy (non-hydrogen) atoms. The molecular formula is C19H42ClNO. The molecule has 0 aromatic rings. The van der Waals surface area contributed by atoms with Crippen LogP contribution in [0.3, 0.4) is 0 Å². The van der Waals surface area contributed by atoms with Gasteiger partial charge in [-0.3, -0.25) is 0 Å². The molecule has 0 aliphatic rings. The van der Waals surface area contributed by atoms with Gasteiger partial charge >= 0.3 is 0 Å². The molecule has 136 valence electrons. The summed E-state index contributed by atoms with van der Waals surface area (Å²) < 4.78 is 6.95. The van der Waals surface area contributed by atoms with E-state index in [1.165, 1.54) is 70.8 Å². The van der Waals surface area contributed by atoms with Gasteiger partial charge in [0.05, 0.1) is 27.2 Å². The third-order valence-electron chi connectivity index (χ3n) is 4.57. The molecule has 2 nitrogen and oxygen atoms in total. The van der Waals surface area contributed by atoms with Gasteiger partial charge in [0.15, 0.2) is 6.73 Å². The molecule has 0 amide bonds. The maximum absolute atomic E-state index is 5.94. The zero-order valence-electron chi connectivity index (χ0n) is 16.0. The van der Waals surface area contributed by atoms with Crippen LogP contribution in [0.4, 0.5) is 0 Å². The highest BCUT2D eigenvalue weighted by atomic mass is 35.5. The number of nitrogens with zero attached hydrogens (tertiary/aromatic N) is 1. The Hall–Kier alpha value is 0.210. The lowest BCUT2D eigenvalue weighted by atomic mass is 10.1. The average Bonchev–Trinajstić information content (AvgIpc) is 2.46. The lowest BCUT2D eigenvalue weighted by Gasteiger charge is -2.30. The van der Waals surface area contributed by atoms with Gasteiger partial charge in [-0.15, -0.1) is 0 Å². The fourth-order valence-electron chi connectivity index (χ4n) is 2.73. The van der Waals surface area contributed by atoms with Crippen LogP contribution in [0.25, 0.3) is 0 Å². The molecule has 0 rings (SSSR count). The average molecular weight is 336 g/mol. The quantitative estimate of drug-likeness (QED) is 0.254. The zero-order valence-corrected chi connectivity index (χ0v) is 16.8. The number of hydrogen-bond donors (Lipinski definition) is 0. The second-order valence-corrected chi connectivity index (χ2v) is 7.32. The van der Waals surface area contributed by atoms with Gasteiger partial charge in [-0.05, 0) is 18.8 Å². The molecule has 0 atom stereocenters. The van der Waals surface area contributed by atoms with Gasteiger partial charge in [-0.1, -0.05) is 72.1 Å². The predicted molar refractivity (Wildman–Crippen MR) is 94.5 cm³/mol. The van der Waals surface area contributed by atoms with E-state index in [1.54, 1.807) is 0 Å². The maximum Gasteiger partial charge on any atom is 0.182 e. The van der Waals surface area contributed by atoms with Crippen LogP contribution in [-0.2, 0) is 4.74 Å². The summed E-state index contributed by atoms with van der Waals surface area (Å²) in [4.78, 5) is 0. The summed E-state index contributed by atoms with van der Waals surface area (Å²) in [5.41, 5.74) is 0. The van der Waals surface area contributed by atoms with Crippen molar-refractivity contribution < 1.29 is 21.6 Å². The lowest BCUT2D eigenvalue weighted by Crippen LogP contribution is -3.00. The van der Waals surface area contributed by atoms with Gasteiger partial charge in [0.25, 0.3) is 0 Å². The number of rotatable bonds is 15. The number of hydrogen-bond acceptors (Lipinski definition) is 1. The molecule has 0 heterocycles. The molecule has 0 unspecified atom stereocenters. The zero-order chi connectivity index (χ0) is 16.0. The summed E-state index contributed by atoms with van der Waals surface area (Å²) in [6, 6.07) is 0. The van der Waals surface area contributed by atoms with Crippen molar-refractivity contribution in [3.05, 3.63) is 0 Å². The summed E-state index contributed by atoms with van der Waals surface area (Å²) in [7, 11) is 4.60. The number of unbranched alkanes of at least 4 members (excludes halogenated alkanes) is 7. The highest BCUT2D eigenvalue weighted by Gasteiger charge is 2.15. The van der Waals surface area contributed by atoms with Crippen molar-refractivity contribution in [1.82, 2.24) is 0 Å². The standard InChI is InChI=1S/C19H42NO.ClH/c1-6-9-10-11-12-13-14-15-16-20(4,5)18-21-17-19(7-2)8-3;/h19H,6-18H2,1-5H3;1H/q+1;/p-1. The van der Waals surface area contributed by atoms with Gasteiger partial charge in [-0.2, -0.15) is 0 Å². The number of quaternary nitrogens is 1. The van der Waals surface area contributed by atoms with Crippen molar-refractivity contribution in [2.45, 2.75) is 85.0 Å². The first-order valence-corrected chi connectivity index (χ1v) is 9.45. The van der Waals surface area contributed by atoms with Crippen molar-refractivity contribution in [3.8, 4) is 0 Å². The van der Waals surface area contributed by atoms with E-state index in [2.05, 4.69) is 34.9 Å². The minimum absolute atomic E-state index is 0. The SMILES string of the molecule is CCCCCCCCCC[N+](C)(C)COCC(CC)CC.[Cl-]. The van der Waals surface area contributed by atoms with Crippen LogP contribution < -0.4 is 12.4 Å². The van der Waals surface area contributed by atoms with Gasteiger partial charge in [0, 0.05) is 0 Å². The first-order chi connectivity index (χ1) is 10.1. The molecule has 0 aliphatic heterocycles. The van der Waals surface area contributed by atoms with Gasteiger partial charge in [0.1, 0.15) is 0 Å². The first kappa shape index (κ1) is 24.5. The highest BCUT2D eigenvalue weighted by molar-refractivity contribution is 4.51. The molecule has 3 heteroatoms. The first-order valence-electron chi connectivity index (χ1n) is 9.45. The second kappa shape index (κ2) is 16.1. The van der Waals surface area contributed by atoms with E-state index in [9.17, 15) is 0 Å². The van der Waals surface area contributed by atoms with E-state index >= 15 is 0 Å². The topological polar surface area (TPSA) is 9.23 Å². The summed E-state index contributed by atoms with van der Waals surface area (Å²) in [5, 5.41) is 0. The molecule has 0 saturated heterocycles. The minimum atomic E-state index is 0. The molecule has 0 bridgehead atoms. The fraction of sp³-hybridized carbons (Fsp3) is 1.00. The predicted octanol–water partition coefficient (Wildman–Crippen LogP) is 2.62. The van der Waals surface area contributed by atoms with E-state index < -0.39 is 0 Å². The van der Waals surface area contributed by atoms with Crippen molar-refractivity contribution in [2.24, 2.45) is 5.92 Å². The van der Waals surface area contributed by atoms with Crippen LogP contribution in [0.1, 0.15) is 85.0 Å². The highest BCUT2D eigenvalue weighted by Crippen LogP contribution is 2.12. The normalized spacial score (nSPS) is 11.7. The van der Waals surface area contributed by atoms with Crippen LogP contribution in [-0.4, -0.2) is 38.5 Å². The Bertz CT molecular complexity index is 217. The summed E-state index contributed by atoms with van der Waals surface area (Å²) >= 11 is 0. The molecular weight excluding hydrogens is 294 g/mol.